The summed E-state index contributed by atoms with van der Waals surface area (Å²) in [6.45, 7) is 12.1. The van der Waals surface area contributed by atoms with Gasteiger partial charge in [0.05, 0.1) is 0 Å². The van der Waals surface area contributed by atoms with Crippen molar-refractivity contribution < 1.29 is 9.53 Å². The van der Waals surface area contributed by atoms with Crippen LogP contribution >= 0.6 is 11.8 Å². The molecule has 1 unspecified atom stereocenters. The Balaban J connectivity index is 2.24. The van der Waals surface area contributed by atoms with Crippen LogP contribution in [0.5, 0.6) is 0 Å². The smallest absolute Gasteiger partial charge is 0.407 e. The summed E-state index contributed by atoms with van der Waals surface area (Å²) in [5.74, 6) is 1.58. The van der Waals surface area contributed by atoms with Crippen molar-refractivity contribution in [3.05, 3.63) is 35.4 Å². The average Bonchev–Trinajstić information content (AvgIpc) is 2.59. The van der Waals surface area contributed by atoms with Gasteiger partial charge < -0.3 is 10.1 Å². The van der Waals surface area contributed by atoms with E-state index in [0.29, 0.717) is 23.8 Å². The summed E-state index contributed by atoms with van der Waals surface area (Å²) in [6.07, 6.45) is 2.90. The van der Waals surface area contributed by atoms with E-state index in [0.717, 1.165) is 30.6 Å². The van der Waals surface area contributed by atoms with Gasteiger partial charge in [-0.3, -0.25) is 0 Å². The van der Waals surface area contributed by atoms with Crippen molar-refractivity contribution in [3.63, 3.8) is 0 Å². The van der Waals surface area contributed by atoms with E-state index < -0.39 is 0 Å². The Morgan fingerprint density at radius 1 is 1.33 bits per heavy atom. The predicted molar refractivity (Wildman–Crippen MR) is 105 cm³/mol. The highest BCUT2D eigenvalue weighted by Gasteiger charge is 2.14. The van der Waals surface area contributed by atoms with Crippen molar-refractivity contribution in [3.8, 4) is 0 Å². The molecule has 0 saturated heterocycles. The molecule has 1 N–H and O–H groups in total. The zero-order valence-electron chi connectivity index (χ0n) is 15.9. The number of rotatable bonds is 10. The van der Waals surface area contributed by atoms with E-state index in [1.54, 1.807) is 0 Å². The molecule has 1 aromatic rings. The van der Waals surface area contributed by atoms with Gasteiger partial charge in [0.25, 0.3) is 0 Å². The minimum absolute atomic E-state index is 0.321. The Morgan fingerprint density at radius 3 is 2.75 bits per heavy atom. The molecule has 0 aliphatic heterocycles. The molecule has 24 heavy (non-hydrogen) atoms. The lowest BCUT2D eigenvalue weighted by Gasteiger charge is -2.21. The minimum Gasteiger partial charge on any atom is -0.445 e. The number of alkyl carbamates (subject to hydrolysis) is 1. The minimum atomic E-state index is -0.330. The van der Waals surface area contributed by atoms with E-state index in [9.17, 15) is 4.79 Å². The third kappa shape index (κ3) is 8.09. The van der Waals surface area contributed by atoms with Crippen LogP contribution in [0.15, 0.2) is 24.3 Å². The van der Waals surface area contributed by atoms with Crippen LogP contribution in [-0.4, -0.2) is 23.1 Å². The third-order valence-electron chi connectivity index (χ3n) is 4.44. The molecule has 4 heteroatoms. The summed E-state index contributed by atoms with van der Waals surface area (Å²) in [5.41, 5.74) is 2.35. The van der Waals surface area contributed by atoms with E-state index in [4.69, 9.17) is 4.74 Å². The van der Waals surface area contributed by atoms with E-state index in [1.165, 1.54) is 5.56 Å². The number of nitrogens with one attached hydrogen (secondary N) is 1. The summed E-state index contributed by atoms with van der Waals surface area (Å²) in [5, 5.41) is 2.83. The van der Waals surface area contributed by atoms with Crippen molar-refractivity contribution in [2.45, 2.75) is 71.2 Å². The zero-order chi connectivity index (χ0) is 18.0. The lowest BCUT2D eigenvalue weighted by molar-refractivity contribution is 0.139. The molecule has 0 spiro atoms. The van der Waals surface area contributed by atoms with E-state index in [1.807, 2.05) is 23.9 Å². The molecule has 1 atom stereocenters. The fraction of sp³-hybridized carbons (Fsp3) is 0.650. The number of amides is 1. The first-order valence-corrected chi connectivity index (χ1v) is 10.00. The highest BCUT2D eigenvalue weighted by molar-refractivity contribution is 8.00. The first-order valence-electron chi connectivity index (χ1n) is 9.01. The largest absolute Gasteiger partial charge is 0.445 e. The van der Waals surface area contributed by atoms with Gasteiger partial charge in [0.2, 0.25) is 0 Å². The first-order chi connectivity index (χ1) is 11.4. The standard InChI is InChI=1S/C20H33NO2S/c1-6-16(3)18-11-8-10-17(14-18)15-23-19(22)21-12-9-13-24-20(4,5)7-2/h8,10-11,14,16H,6-7,9,12-13,15H2,1-5H3,(H,21,22). The van der Waals surface area contributed by atoms with Crippen LogP contribution in [0.25, 0.3) is 0 Å². The molecule has 0 bridgehead atoms. The lowest BCUT2D eigenvalue weighted by atomic mass is 9.97. The summed E-state index contributed by atoms with van der Waals surface area (Å²) in [6, 6.07) is 8.30. The summed E-state index contributed by atoms with van der Waals surface area (Å²) in [7, 11) is 0. The van der Waals surface area contributed by atoms with Gasteiger partial charge in [0, 0.05) is 11.3 Å². The molecule has 0 aliphatic carbocycles. The summed E-state index contributed by atoms with van der Waals surface area (Å²) < 4.78 is 5.63. The first kappa shape index (κ1) is 20.9. The van der Waals surface area contributed by atoms with Crippen LogP contribution < -0.4 is 5.32 Å². The second-order valence-corrected chi connectivity index (χ2v) is 8.67. The topological polar surface area (TPSA) is 38.3 Å². The van der Waals surface area contributed by atoms with Gasteiger partial charge in [-0.15, -0.1) is 0 Å². The van der Waals surface area contributed by atoms with E-state index >= 15 is 0 Å². The Hall–Kier alpha value is -1.16. The molecule has 1 aromatic carbocycles. The zero-order valence-corrected chi connectivity index (χ0v) is 16.7. The van der Waals surface area contributed by atoms with Gasteiger partial charge in [0.15, 0.2) is 0 Å². The number of carbonyl (C=O) groups is 1. The van der Waals surface area contributed by atoms with Crippen LogP contribution in [0, 0.1) is 0 Å². The number of ether oxygens (including phenoxy) is 1. The van der Waals surface area contributed by atoms with Crippen LogP contribution in [-0.2, 0) is 11.3 Å². The Bertz CT molecular complexity index is 502. The molecule has 0 heterocycles. The van der Waals surface area contributed by atoms with Gasteiger partial charge >= 0.3 is 6.09 Å². The molecule has 0 aliphatic rings. The maximum absolute atomic E-state index is 11.8. The van der Waals surface area contributed by atoms with Crippen LogP contribution in [0.4, 0.5) is 4.79 Å². The highest BCUT2D eigenvalue weighted by Crippen LogP contribution is 2.27. The van der Waals surface area contributed by atoms with Crippen LogP contribution in [0.1, 0.15) is 70.9 Å². The Labute approximate surface area is 151 Å². The van der Waals surface area contributed by atoms with Crippen molar-refractivity contribution in [1.82, 2.24) is 5.32 Å². The number of hydrogen-bond donors (Lipinski definition) is 1. The van der Waals surface area contributed by atoms with Gasteiger partial charge in [-0.05, 0) is 42.1 Å². The molecule has 1 rings (SSSR count). The van der Waals surface area contributed by atoms with Crippen LogP contribution in [0.3, 0.4) is 0 Å². The maximum atomic E-state index is 11.8. The molecular formula is C20H33NO2S. The SMILES string of the molecule is CCC(C)c1cccc(COC(=O)NCCCSC(C)(C)CC)c1. The van der Waals surface area contributed by atoms with Gasteiger partial charge in [-0.2, -0.15) is 11.8 Å². The Kier molecular flexibility index (Phi) is 9.27. The molecule has 136 valence electrons. The van der Waals surface area contributed by atoms with E-state index in [2.05, 4.69) is 52.1 Å². The molecular weight excluding hydrogens is 318 g/mol. The average molecular weight is 352 g/mol. The van der Waals surface area contributed by atoms with Crippen molar-refractivity contribution in [2.24, 2.45) is 0 Å². The van der Waals surface area contributed by atoms with Gasteiger partial charge in [-0.1, -0.05) is 58.9 Å². The van der Waals surface area contributed by atoms with Crippen molar-refractivity contribution in [2.75, 3.05) is 12.3 Å². The van der Waals surface area contributed by atoms with Gasteiger partial charge in [0.1, 0.15) is 6.61 Å². The monoisotopic (exact) mass is 351 g/mol. The quantitative estimate of drug-likeness (QED) is 0.546. The summed E-state index contributed by atoms with van der Waals surface area (Å²) in [4.78, 5) is 11.8. The predicted octanol–water partition coefficient (Wildman–Crippen LogP) is 5.74. The van der Waals surface area contributed by atoms with Crippen molar-refractivity contribution >= 4 is 17.9 Å². The second kappa shape index (κ2) is 10.7. The second-order valence-electron chi connectivity index (χ2n) is 6.87. The number of hydrogen-bond acceptors (Lipinski definition) is 3. The maximum Gasteiger partial charge on any atom is 0.407 e. The third-order valence-corrected chi connectivity index (χ3v) is 6.00. The van der Waals surface area contributed by atoms with Crippen LogP contribution in [0.2, 0.25) is 0 Å². The normalized spacial score (nSPS) is 12.7. The molecule has 0 fully saturated rings. The summed E-state index contributed by atoms with van der Waals surface area (Å²) >= 11 is 1.95. The van der Waals surface area contributed by atoms with E-state index in [-0.39, 0.29) is 6.09 Å². The van der Waals surface area contributed by atoms with Crippen molar-refractivity contribution in [1.29, 1.82) is 0 Å². The fourth-order valence-corrected chi connectivity index (χ4v) is 3.18. The van der Waals surface area contributed by atoms with Gasteiger partial charge in [-0.25, -0.2) is 4.79 Å². The Morgan fingerprint density at radius 2 is 2.08 bits per heavy atom. The molecule has 3 nitrogen and oxygen atoms in total. The number of thioether (sulfide) groups is 1. The lowest BCUT2D eigenvalue weighted by Crippen LogP contribution is -2.26. The number of benzene rings is 1. The molecule has 0 saturated carbocycles. The molecule has 0 aromatic heterocycles. The molecule has 0 radical (unpaired) electrons. The number of carbonyl (C=O) groups excluding carboxylic acids is 1. The molecule has 1 amide bonds. The fourth-order valence-electron chi connectivity index (χ4n) is 2.14. The highest BCUT2D eigenvalue weighted by atomic mass is 32.2.